The van der Waals surface area contributed by atoms with E-state index in [0.717, 1.165) is 38.8 Å². The minimum absolute atomic E-state index is 0.0457. The Morgan fingerprint density at radius 1 is 1.00 bits per heavy atom. The zero-order valence-corrected chi connectivity index (χ0v) is 18.1. The van der Waals surface area contributed by atoms with Crippen LogP contribution in [-0.4, -0.2) is 54.4 Å². The highest BCUT2D eigenvalue weighted by Crippen LogP contribution is 2.24. The Kier molecular flexibility index (Phi) is 6.76. The van der Waals surface area contributed by atoms with Gasteiger partial charge in [0.1, 0.15) is 11.6 Å². The number of hydrogen-bond donors (Lipinski definition) is 0. The molecule has 1 atom stereocenters. The molecule has 0 N–H and O–H groups in total. The molecule has 0 aromatic heterocycles. The summed E-state index contributed by atoms with van der Waals surface area (Å²) < 4.78 is 19.6. The molecule has 0 radical (unpaired) electrons. The lowest BCUT2D eigenvalue weighted by Gasteiger charge is -2.33. The van der Waals surface area contributed by atoms with Crippen molar-refractivity contribution in [1.82, 2.24) is 9.80 Å². The molecule has 0 bridgehead atoms. The van der Waals surface area contributed by atoms with Gasteiger partial charge in [0.25, 0.3) is 11.8 Å². The van der Waals surface area contributed by atoms with E-state index in [1.165, 1.54) is 18.2 Å². The zero-order chi connectivity index (χ0) is 21.8. The van der Waals surface area contributed by atoms with Crippen LogP contribution in [0.3, 0.4) is 0 Å². The summed E-state index contributed by atoms with van der Waals surface area (Å²) in [5, 5.41) is 0.254. The van der Waals surface area contributed by atoms with Crippen molar-refractivity contribution in [3.63, 3.8) is 0 Å². The van der Waals surface area contributed by atoms with Gasteiger partial charge in [-0.15, -0.1) is 0 Å². The van der Waals surface area contributed by atoms with Gasteiger partial charge in [-0.05, 0) is 62.1 Å². The highest BCUT2D eigenvalue weighted by atomic mass is 35.5. The summed E-state index contributed by atoms with van der Waals surface area (Å²) in [6.45, 7) is 3.21. The normalized spacial score (nSPS) is 18.8. The number of amides is 2. The minimum atomic E-state index is -0.479. The fraction of sp³-hybridized carbons (Fsp3) is 0.417. The van der Waals surface area contributed by atoms with Crippen molar-refractivity contribution in [3.8, 4) is 5.75 Å². The molecule has 4 rings (SSSR count). The van der Waals surface area contributed by atoms with Crippen molar-refractivity contribution in [1.29, 1.82) is 0 Å². The molecule has 2 fully saturated rings. The van der Waals surface area contributed by atoms with Crippen LogP contribution in [-0.2, 0) is 0 Å². The van der Waals surface area contributed by atoms with Crippen molar-refractivity contribution in [2.45, 2.75) is 25.7 Å². The van der Waals surface area contributed by atoms with Gasteiger partial charge in [0, 0.05) is 37.7 Å². The smallest absolute Gasteiger partial charge is 0.255 e. The fourth-order valence-electron chi connectivity index (χ4n) is 4.25. The topological polar surface area (TPSA) is 49.9 Å². The second-order valence-corrected chi connectivity index (χ2v) is 8.63. The molecule has 2 saturated heterocycles. The minimum Gasteiger partial charge on any atom is -0.493 e. The molecule has 31 heavy (non-hydrogen) atoms. The van der Waals surface area contributed by atoms with Crippen molar-refractivity contribution in [2.24, 2.45) is 5.92 Å². The number of benzene rings is 2. The third kappa shape index (κ3) is 5.18. The monoisotopic (exact) mass is 444 g/mol. The fourth-order valence-corrected chi connectivity index (χ4v) is 4.45. The molecule has 2 aliphatic rings. The standard InChI is InChI=1S/C24H26ClFN2O3/c25-22-9-8-19(26)14-21(22)24(30)28-12-4-5-17(15-28)16-31-20-7-3-6-18(13-20)23(29)27-10-1-2-11-27/h3,6-9,13-14,17H,1-2,4-5,10-12,15-16H2/t17-/m0/s1. The molecule has 164 valence electrons. The predicted molar refractivity (Wildman–Crippen MR) is 117 cm³/mol. The molecule has 2 amide bonds. The van der Waals surface area contributed by atoms with Gasteiger partial charge >= 0.3 is 0 Å². The van der Waals surface area contributed by atoms with E-state index in [9.17, 15) is 14.0 Å². The first kappa shape index (κ1) is 21.6. The van der Waals surface area contributed by atoms with Gasteiger partial charge in [0.05, 0.1) is 17.2 Å². The second-order valence-electron chi connectivity index (χ2n) is 8.22. The van der Waals surface area contributed by atoms with E-state index in [4.69, 9.17) is 16.3 Å². The summed E-state index contributed by atoms with van der Waals surface area (Å²) in [7, 11) is 0. The molecule has 2 aromatic carbocycles. The number of halogens is 2. The molecule has 0 aliphatic carbocycles. The Labute approximate surface area is 186 Å². The van der Waals surface area contributed by atoms with Crippen LogP contribution < -0.4 is 4.74 Å². The van der Waals surface area contributed by atoms with Crippen molar-refractivity contribution in [3.05, 3.63) is 64.4 Å². The first-order valence-electron chi connectivity index (χ1n) is 10.8. The van der Waals surface area contributed by atoms with Crippen LogP contribution in [0.1, 0.15) is 46.4 Å². The van der Waals surface area contributed by atoms with Crippen LogP contribution in [0.25, 0.3) is 0 Å². The Hall–Kier alpha value is -2.60. The molecular weight excluding hydrogens is 419 g/mol. The average molecular weight is 445 g/mol. The highest BCUT2D eigenvalue weighted by Gasteiger charge is 2.26. The summed E-state index contributed by atoms with van der Waals surface area (Å²) in [5.41, 5.74) is 0.831. The summed E-state index contributed by atoms with van der Waals surface area (Å²) in [4.78, 5) is 29.0. The van der Waals surface area contributed by atoms with Crippen LogP contribution in [0, 0.1) is 11.7 Å². The predicted octanol–water partition coefficient (Wildman–Crippen LogP) is 4.65. The Morgan fingerprint density at radius 2 is 1.77 bits per heavy atom. The maximum atomic E-state index is 13.6. The summed E-state index contributed by atoms with van der Waals surface area (Å²) in [6.07, 6.45) is 3.90. The molecule has 7 heteroatoms. The van der Waals surface area contributed by atoms with E-state index in [-0.39, 0.29) is 28.3 Å². The lowest BCUT2D eigenvalue weighted by atomic mass is 9.98. The van der Waals surface area contributed by atoms with Gasteiger partial charge in [-0.25, -0.2) is 4.39 Å². The Balaban J connectivity index is 1.36. The van der Waals surface area contributed by atoms with E-state index in [1.54, 1.807) is 11.0 Å². The maximum Gasteiger partial charge on any atom is 0.255 e. The van der Waals surface area contributed by atoms with Gasteiger partial charge in [0.15, 0.2) is 0 Å². The number of piperidine rings is 1. The van der Waals surface area contributed by atoms with Crippen molar-refractivity contribution in [2.75, 3.05) is 32.8 Å². The van der Waals surface area contributed by atoms with Crippen LogP contribution in [0.4, 0.5) is 4.39 Å². The number of ether oxygens (including phenoxy) is 1. The van der Waals surface area contributed by atoms with E-state index in [0.29, 0.717) is 31.0 Å². The summed E-state index contributed by atoms with van der Waals surface area (Å²) >= 11 is 6.11. The summed E-state index contributed by atoms with van der Waals surface area (Å²) in [6, 6.07) is 11.1. The van der Waals surface area contributed by atoms with Crippen LogP contribution in [0.2, 0.25) is 5.02 Å². The molecule has 2 aromatic rings. The highest BCUT2D eigenvalue weighted by molar-refractivity contribution is 6.33. The van der Waals surface area contributed by atoms with Gasteiger partial charge in [-0.3, -0.25) is 9.59 Å². The molecule has 0 saturated carbocycles. The maximum absolute atomic E-state index is 13.6. The van der Waals surface area contributed by atoms with E-state index in [1.807, 2.05) is 23.1 Å². The molecule has 2 aliphatic heterocycles. The first-order valence-corrected chi connectivity index (χ1v) is 11.2. The van der Waals surface area contributed by atoms with Crippen LogP contribution in [0.15, 0.2) is 42.5 Å². The van der Waals surface area contributed by atoms with Gasteiger partial charge < -0.3 is 14.5 Å². The SMILES string of the molecule is O=C(c1cccc(OC[C@H]2CCCN(C(=O)c3cc(F)ccc3Cl)C2)c1)N1CCCC1. The lowest BCUT2D eigenvalue weighted by Crippen LogP contribution is -2.41. The molecule has 5 nitrogen and oxygen atoms in total. The molecule has 0 unspecified atom stereocenters. The largest absolute Gasteiger partial charge is 0.493 e. The zero-order valence-electron chi connectivity index (χ0n) is 17.4. The lowest BCUT2D eigenvalue weighted by molar-refractivity contribution is 0.0632. The second kappa shape index (κ2) is 9.69. The quantitative estimate of drug-likeness (QED) is 0.674. The number of carbonyl (C=O) groups is 2. The molecule has 0 spiro atoms. The average Bonchev–Trinajstić information content (AvgIpc) is 3.34. The van der Waals surface area contributed by atoms with Crippen LogP contribution in [0.5, 0.6) is 5.75 Å². The van der Waals surface area contributed by atoms with E-state index >= 15 is 0 Å². The number of rotatable bonds is 5. The van der Waals surface area contributed by atoms with Crippen molar-refractivity contribution >= 4 is 23.4 Å². The molecule has 2 heterocycles. The first-order chi connectivity index (χ1) is 15.0. The number of hydrogen-bond acceptors (Lipinski definition) is 3. The Bertz CT molecular complexity index is 962. The number of nitrogens with zero attached hydrogens (tertiary/aromatic N) is 2. The van der Waals surface area contributed by atoms with Crippen molar-refractivity contribution < 1.29 is 18.7 Å². The van der Waals surface area contributed by atoms with E-state index < -0.39 is 5.82 Å². The summed E-state index contributed by atoms with van der Waals surface area (Å²) in [5.74, 6) is 0.120. The van der Waals surface area contributed by atoms with Gasteiger partial charge in [-0.2, -0.15) is 0 Å². The van der Waals surface area contributed by atoms with Gasteiger partial charge in [-0.1, -0.05) is 17.7 Å². The van der Waals surface area contributed by atoms with Crippen LogP contribution >= 0.6 is 11.6 Å². The third-order valence-electron chi connectivity index (χ3n) is 5.92. The third-order valence-corrected chi connectivity index (χ3v) is 6.25. The number of carbonyl (C=O) groups excluding carboxylic acids is 2. The molecular formula is C24H26ClFN2O3. The Morgan fingerprint density at radius 3 is 2.58 bits per heavy atom. The number of likely N-dealkylation sites (tertiary alicyclic amines) is 2. The van der Waals surface area contributed by atoms with Gasteiger partial charge in [0.2, 0.25) is 0 Å². The van der Waals surface area contributed by atoms with E-state index in [2.05, 4.69) is 0 Å².